The number of hydrogen-bond acceptors (Lipinski definition) is 6. The Bertz CT molecular complexity index is 1030. The Morgan fingerprint density at radius 2 is 2.00 bits per heavy atom. The lowest BCUT2D eigenvalue weighted by Gasteiger charge is -2.28. The van der Waals surface area contributed by atoms with Gasteiger partial charge < -0.3 is 20.3 Å². The molecule has 29 heavy (non-hydrogen) atoms. The third-order valence-electron chi connectivity index (χ3n) is 4.61. The first-order valence-electron chi connectivity index (χ1n) is 9.45. The number of aromatic nitrogens is 3. The van der Waals surface area contributed by atoms with E-state index in [-0.39, 0.29) is 12.5 Å². The quantitative estimate of drug-likeness (QED) is 0.646. The van der Waals surface area contributed by atoms with Crippen LogP contribution in [0, 0.1) is 11.3 Å². The number of carbonyl (C=O) groups excluding carboxylic acids is 1. The summed E-state index contributed by atoms with van der Waals surface area (Å²) in [6, 6.07) is 13.0. The summed E-state index contributed by atoms with van der Waals surface area (Å²) < 4.78 is 7.29. The van der Waals surface area contributed by atoms with Gasteiger partial charge in [0, 0.05) is 37.1 Å². The molecule has 3 aromatic rings. The van der Waals surface area contributed by atoms with Crippen molar-refractivity contribution < 1.29 is 9.53 Å². The lowest BCUT2D eigenvalue weighted by molar-refractivity contribution is 0.122. The van der Waals surface area contributed by atoms with Gasteiger partial charge in [-0.1, -0.05) is 0 Å². The molecule has 1 aliphatic rings. The summed E-state index contributed by atoms with van der Waals surface area (Å²) in [4.78, 5) is 18.8. The first-order chi connectivity index (χ1) is 14.2. The molecule has 0 spiro atoms. The lowest BCUT2D eigenvalue weighted by atomic mass is 10.2. The standard InChI is InChI=1S/C20H21N7O2/c21-8-2-9-22-20(28)23-16-6-4-15(5-7-16)18-24-19(26-11-13-29-14-12-26)17-3-1-10-27(17)25-18/h1,3-7,10H,2,9,11-14H2,(H2,22,23,28). The molecule has 0 unspecified atom stereocenters. The maximum Gasteiger partial charge on any atom is 0.319 e. The van der Waals surface area contributed by atoms with Gasteiger partial charge in [0.1, 0.15) is 5.52 Å². The van der Waals surface area contributed by atoms with E-state index in [0.717, 1.165) is 30.0 Å². The number of anilines is 2. The molecule has 1 aromatic carbocycles. The number of nitrogens with zero attached hydrogens (tertiary/aromatic N) is 5. The molecule has 9 nitrogen and oxygen atoms in total. The van der Waals surface area contributed by atoms with Gasteiger partial charge in [-0.2, -0.15) is 5.26 Å². The molecule has 0 atom stereocenters. The Hall–Kier alpha value is -3.64. The maximum absolute atomic E-state index is 11.8. The van der Waals surface area contributed by atoms with Gasteiger partial charge in [-0.05, 0) is 36.4 Å². The third kappa shape index (κ3) is 4.28. The van der Waals surface area contributed by atoms with Crippen LogP contribution in [0.2, 0.25) is 0 Å². The van der Waals surface area contributed by atoms with Crippen molar-refractivity contribution in [1.82, 2.24) is 19.9 Å². The average molecular weight is 391 g/mol. The predicted molar refractivity (Wildman–Crippen MR) is 109 cm³/mol. The topological polar surface area (TPSA) is 108 Å². The number of nitrogens with one attached hydrogen (secondary N) is 2. The number of hydrogen-bond donors (Lipinski definition) is 2. The fourth-order valence-electron chi connectivity index (χ4n) is 3.16. The van der Waals surface area contributed by atoms with Gasteiger partial charge in [0.2, 0.25) is 0 Å². The van der Waals surface area contributed by atoms with E-state index in [1.165, 1.54) is 0 Å². The zero-order valence-electron chi connectivity index (χ0n) is 15.8. The molecular formula is C20H21N7O2. The van der Waals surface area contributed by atoms with Crippen molar-refractivity contribution >= 4 is 23.1 Å². The van der Waals surface area contributed by atoms with Gasteiger partial charge >= 0.3 is 6.03 Å². The SMILES string of the molecule is N#CCCNC(=O)Nc1ccc(-c2nc(N3CCOCC3)c3cccn3n2)cc1. The molecule has 0 saturated carbocycles. The Balaban J connectivity index is 1.55. The number of amides is 2. The summed E-state index contributed by atoms with van der Waals surface area (Å²) in [7, 11) is 0. The molecule has 4 rings (SSSR count). The van der Waals surface area contributed by atoms with Gasteiger partial charge in [0.15, 0.2) is 11.6 Å². The summed E-state index contributed by atoms with van der Waals surface area (Å²) in [5, 5.41) is 18.5. The highest BCUT2D eigenvalue weighted by Crippen LogP contribution is 2.25. The number of carbonyl (C=O) groups is 1. The summed E-state index contributed by atoms with van der Waals surface area (Å²) >= 11 is 0. The Kier molecular flexibility index (Phi) is 5.54. The first kappa shape index (κ1) is 18.7. The molecule has 2 N–H and O–H groups in total. The van der Waals surface area contributed by atoms with E-state index < -0.39 is 0 Å². The van der Waals surface area contributed by atoms with Gasteiger partial charge in [0.05, 0.1) is 25.7 Å². The second kappa shape index (κ2) is 8.58. The van der Waals surface area contributed by atoms with E-state index in [0.29, 0.717) is 31.3 Å². The fraction of sp³-hybridized carbons (Fsp3) is 0.300. The fourth-order valence-corrected chi connectivity index (χ4v) is 3.16. The van der Waals surface area contributed by atoms with Crippen LogP contribution < -0.4 is 15.5 Å². The minimum atomic E-state index is -0.340. The molecule has 2 amide bonds. The highest BCUT2D eigenvalue weighted by molar-refractivity contribution is 5.89. The molecule has 1 saturated heterocycles. The van der Waals surface area contributed by atoms with E-state index >= 15 is 0 Å². The van der Waals surface area contributed by atoms with Gasteiger partial charge in [-0.3, -0.25) is 0 Å². The number of morpholine rings is 1. The second-order valence-electron chi connectivity index (χ2n) is 6.56. The van der Waals surface area contributed by atoms with Crippen molar-refractivity contribution in [2.24, 2.45) is 0 Å². The second-order valence-corrected chi connectivity index (χ2v) is 6.56. The molecule has 0 bridgehead atoms. The van der Waals surface area contributed by atoms with Crippen molar-refractivity contribution in [3.05, 3.63) is 42.6 Å². The molecule has 0 aliphatic carbocycles. The number of fused-ring (bicyclic) bond motifs is 1. The zero-order chi connectivity index (χ0) is 20.1. The van der Waals surface area contributed by atoms with Crippen LogP contribution in [0.15, 0.2) is 42.6 Å². The highest BCUT2D eigenvalue weighted by atomic mass is 16.5. The Morgan fingerprint density at radius 1 is 1.21 bits per heavy atom. The van der Waals surface area contributed by atoms with Crippen molar-refractivity contribution in [1.29, 1.82) is 5.26 Å². The van der Waals surface area contributed by atoms with E-state index in [4.69, 9.17) is 15.0 Å². The van der Waals surface area contributed by atoms with Crippen molar-refractivity contribution in [3.8, 4) is 17.5 Å². The molecule has 148 valence electrons. The average Bonchev–Trinajstić information content (AvgIpc) is 3.23. The van der Waals surface area contributed by atoms with Gasteiger partial charge in [-0.15, -0.1) is 5.10 Å². The van der Waals surface area contributed by atoms with E-state index in [1.54, 1.807) is 12.1 Å². The Morgan fingerprint density at radius 3 is 2.76 bits per heavy atom. The molecule has 2 aromatic heterocycles. The van der Waals surface area contributed by atoms with Crippen LogP contribution in [0.4, 0.5) is 16.3 Å². The molecule has 1 aliphatic heterocycles. The third-order valence-corrected chi connectivity index (χ3v) is 4.61. The van der Waals surface area contributed by atoms with E-state index in [1.807, 2.05) is 41.0 Å². The molecule has 9 heteroatoms. The number of nitriles is 1. The van der Waals surface area contributed by atoms with Crippen LogP contribution >= 0.6 is 0 Å². The summed E-state index contributed by atoms with van der Waals surface area (Å²) in [5.74, 6) is 1.50. The van der Waals surface area contributed by atoms with Crippen LogP contribution in [0.1, 0.15) is 6.42 Å². The minimum absolute atomic E-state index is 0.275. The largest absolute Gasteiger partial charge is 0.378 e. The normalized spacial score (nSPS) is 13.8. The smallest absolute Gasteiger partial charge is 0.319 e. The van der Waals surface area contributed by atoms with Crippen LogP contribution in [0.25, 0.3) is 16.9 Å². The van der Waals surface area contributed by atoms with Crippen molar-refractivity contribution in [3.63, 3.8) is 0 Å². The molecule has 3 heterocycles. The zero-order valence-corrected chi connectivity index (χ0v) is 15.8. The predicted octanol–water partition coefficient (Wildman–Crippen LogP) is 2.27. The van der Waals surface area contributed by atoms with E-state index in [2.05, 4.69) is 20.6 Å². The lowest BCUT2D eigenvalue weighted by Crippen LogP contribution is -2.37. The van der Waals surface area contributed by atoms with Gasteiger partial charge in [-0.25, -0.2) is 14.3 Å². The van der Waals surface area contributed by atoms with Crippen molar-refractivity contribution in [2.45, 2.75) is 6.42 Å². The van der Waals surface area contributed by atoms with Crippen LogP contribution in [-0.2, 0) is 4.74 Å². The highest BCUT2D eigenvalue weighted by Gasteiger charge is 2.18. The van der Waals surface area contributed by atoms with Crippen LogP contribution in [-0.4, -0.2) is 53.5 Å². The molecular weight excluding hydrogens is 370 g/mol. The first-order valence-corrected chi connectivity index (χ1v) is 9.45. The van der Waals surface area contributed by atoms with E-state index in [9.17, 15) is 4.79 Å². The minimum Gasteiger partial charge on any atom is -0.378 e. The Labute approximate surface area is 167 Å². The molecule has 0 radical (unpaired) electrons. The number of urea groups is 1. The number of ether oxygens (including phenoxy) is 1. The maximum atomic E-state index is 11.8. The summed E-state index contributed by atoms with van der Waals surface area (Å²) in [6.45, 7) is 3.27. The summed E-state index contributed by atoms with van der Waals surface area (Å²) in [6.07, 6.45) is 2.18. The van der Waals surface area contributed by atoms with Crippen LogP contribution in [0.5, 0.6) is 0 Å². The summed E-state index contributed by atoms with van der Waals surface area (Å²) in [5.41, 5.74) is 2.46. The number of rotatable bonds is 5. The monoisotopic (exact) mass is 391 g/mol. The van der Waals surface area contributed by atoms with Crippen LogP contribution in [0.3, 0.4) is 0 Å². The number of benzene rings is 1. The molecule has 1 fully saturated rings. The van der Waals surface area contributed by atoms with Gasteiger partial charge in [0.25, 0.3) is 0 Å². The van der Waals surface area contributed by atoms with Crippen molar-refractivity contribution in [2.75, 3.05) is 43.1 Å².